The molecular formula is C46H58N4O14S. The van der Waals surface area contributed by atoms with Crippen molar-refractivity contribution in [3.63, 3.8) is 0 Å². The van der Waals surface area contributed by atoms with Gasteiger partial charge in [-0.1, -0.05) is 44.2 Å². The molecule has 9 rings (SSSR count). The number of hydrogen-bond donors (Lipinski definition) is 5. The Morgan fingerprint density at radius 1 is 0.954 bits per heavy atom. The van der Waals surface area contributed by atoms with E-state index in [0.29, 0.717) is 99.5 Å². The van der Waals surface area contributed by atoms with Crippen LogP contribution in [0.3, 0.4) is 0 Å². The van der Waals surface area contributed by atoms with Crippen molar-refractivity contribution in [3.8, 4) is 5.75 Å². The van der Waals surface area contributed by atoms with Crippen LogP contribution in [0.5, 0.6) is 5.75 Å². The fraction of sp³-hybridized carbons (Fsp3) is 0.565. The number of carbonyl (C=O) groups is 4. The molecule has 1 spiro atoms. The van der Waals surface area contributed by atoms with Gasteiger partial charge in [0.1, 0.15) is 11.2 Å². The van der Waals surface area contributed by atoms with Crippen LogP contribution in [0.4, 0.5) is 5.69 Å². The van der Waals surface area contributed by atoms with Crippen LogP contribution >= 0.6 is 0 Å². The third-order valence-electron chi connectivity index (χ3n) is 15.5. The van der Waals surface area contributed by atoms with Crippen LogP contribution in [-0.4, -0.2) is 150 Å². The highest BCUT2D eigenvalue weighted by atomic mass is 32.3. The molecule has 3 fully saturated rings. The topological polar surface area (TPSA) is 246 Å². The molecule has 2 saturated heterocycles. The van der Waals surface area contributed by atoms with Gasteiger partial charge in [-0.15, -0.1) is 0 Å². The van der Waals surface area contributed by atoms with Gasteiger partial charge < -0.3 is 39.0 Å². The fourth-order valence-corrected chi connectivity index (χ4v) is 13.4. The normalized spacial score (nSPS) is 34.6. The second-order valence-corrected chi connectivity index (χ2v) is 19.4. The molecule has 5 aliphatic heterocycles. The SMILES string of the molecule is CC[C@]1(O)C[C@@H]2CN(CCc3c([nH]c4ccccc34)[C@@](C(=O)OC)(c3cc4c(cc3OC)N(C=O)[C@H]3[C@@](O)(C(=O)OC)[C@H](OC(C)=O)[C@]5(CC)C=CCN6CC[C@]43[C@@H]65)C2)C1.O=S(=O)(O)O. The lowest BCUT2D eigenvalue weighted by Crippen LogP contribution is -2.81. The van der Waals surface area contributed by atoms with Crippen LogP contribution < -0.4 is 9.64 Å². The molecule has 1 aliphatic carbocycles. The minimum Gasteiger partial charge on any atom is -0.496 e. The minimum absolute atomic E-state index is 0.155. The molecule has 65 heavy (non-hydrogen) atoms. The van der Waals surface area contributed by atoms with Crippen LogP contribution in [0.15, 0.2) is 48.6 Å². The van der Waals surface area contributed by atoms with Crippen molar-refractivity contribution in [2.24, 2.45) is 11.3 Å². The average molecular weight is 923 g/mol. The van der Waals surface area contributed by atoms with E-state index in [-0.39, 0.29) is 12.3 Å². The first-order valence-corrected chi connectivity index (χ1v) is 23.4. The Bertz CT molecular complexity index is 2560. The number of esters is 3. The lowest BCUT2D eigenvalue weighted by Gasteiger charge is -2.63. The zero-order valence-electron chi connectivity index (χ0n) is 37.4. The largest absolute Gasteiger partial charge is 0.496 e. The number of piperidine rings is 1. The Morgan fingerprint density at radius 2 is 1.66 bits per heavy atom. The van der Waals surface area contributed by atoms with E-state index >= 15 is 4.79 Å². The number of fused-ring (bicyclic) bond motifs is 6. The summed E-state index contributed by atoms with van der Waals surface area (Å²) in [6, 6.07) is 9.97. The number of benzene rings is 2. The molecule has 1 unspecified atom stereocenters. The van der Waals surface area contributed by atoms with Crippen molar-refractivity contribution in [2.45, 2.75) is 99.5 Å². The van der Waals surface area contributed by atoms with Crippen molar-refractivity contribution < 1.29 is 65.9 Å². The second-order valence-electron chi connectivity index (χ2n) is 18.6. The van der Waals surface area contributed by atoms with Gasteiger partial charge in [-0.25, -0.2) is 4.79 Å². The molecule has 1 saturated carbocycles. The number of hydrogen-bond acceptors (Lipinski definition) is 14. The number of nitrogens with one attached hydrogen (secondary N) is 1. The minimum atomic E-state index is -4.67. The highest BCUT2D eigenvalue weighted by molar-refractivity contribution is 7.79. The maximum atomic E-state index is 15.3. The Labute approximate surface area is 377 Å². The first kappa shape index (κ1) is 46.6. The third kappa shape index (κ3) is 6.90. The second kappa shape index (κ2) is 16.5. The van der Waals surface area contributed by atoms with E-state index in [1.54, 1.807) is 6.07 Å². The molecule has 2 aromatic carbocycles. The van der Waals surface area contributed by atoms with Crippen LogP contribution in [-0.2, 0) is 61.0 Å². The zero-order valence-corrected chi connectivity index (χ0v) is 38.2. The van der Waals surface area contributed by atoms with E-state index in [2.05, 4.69) is 20.9 Å². The zero-order chi connectivity index (χ0) is 47.1. The lowest BCUT2D eigenvalue weighted by atomic mass is 9.47. The van der Waals surface area contributed by atoms with Gasteiger partial charge >= 0.3 is 28.3 Å². The Morgan fingerprint density at radius 3 is 2.29 bits per heavy atom. The molecule has 5 N–H and O–H groups in total. The van der Waals surface area contributed by atoms with E-state index < -0.39 is 73.9 Å². The van der Waals surface area contributed by atoms with Crippen molar-refractivity contribution in [1.82, 2.24) is 14.8 Å². The highest BCUT2D eigenvalue weighted by Gasteiger charge is 2.81. The summed E-state index contributed by atoms with van der Waals surface area (Å²) in [5.41, 5.74) is -3.15. The molecule has 1 amide bonds. The van der Waals surface area contributed by atoms with Gasteiger partial charge in [-0.2, -0.15) is 8.42 Å². The summed E-state index contributed by atoms with van der Waals surface area (Å²) in [7, 11) is -0.577. The fourth-order valence-electron chi connectivity index (χ4n) is 13.4. The number of nitrogens with zero attached hydrogens (tertiary/aromatic N) is 3. The van der Waals surface area contributed by atoms with E-state index in [0.717, 1.165) is 16.5 Å². The Hall–Kier alpha value is -4.89. The summed E-state index contributed by atoms with van der Waals surface area (Å²) < 4.78 is 55.3. The quantitative estimate of drug-likeness (QED) is 0.0717. The number of rotatable bonds is 8. The lowest BCUT2D eigenvalue weighted by molar-refractivity contribution is -0.228. The van der Waals surface area contributed by atoms with Crippen LogP contribution in [0.1, 0.15) is 75.3 Å². The van der Waals surface area contributed by atoms with E-state index in [4.69, 9.17) is 36.5 Å². The summed E-state index contributed by atoms with van der Waals surface area (Å²) in [6.45, 7) is 8.16. The van der Waals surface area contributed by atoms with E-state index in [9.17, 15) is 24.6 Å². The summed E-state index contributed by atoms with van der Waals surface area (Å²) in [5, 5.41) is 26.3. The number of H-pyrrole nitrogens is 1. The predicted octanol–water partition coefficient (Wildman–Crippen LogP) is 2.86. The number of aromatic amines is 1. The molecule has 2 bridgehead atoms. The standard InChI is InChI=1S/C46H56N4O10.H2O4S/c1-7-42(55)22-28-23-45(40(53)58-5,36-30(14-18-48(24-28)25-42)29-12-9-10-13-33(29)47-36)32-20-31-34(21-35(32)57-4)50(26-51)38-44(31)16-19-49-17-11-15-43(8-2,37(44)49)39(60-27(3)52)46(38,56)41(54)59-6;1-5(2,3)4/h9-13,15,20-21,26,28,37-39,47,55-56H,7-8,14,16-19,22-25H2,1-6H3;(H2,1,2,3,4)/t28-,37-,38+,39+,42-,43+,44+,45-,46-;/m0./s1. The molecule has 1 aromatic heterocycles. The molecule has 6 heterocycles. The Balaban J connectivity index is 0.00000109. The van der Waals surface area contributed by atoms with E-state index in [1.165, 1.54) is 33.2 Å². The molecule has 6 aliphatic rings. The summed E-state index contributed by atoms with van der Waals surface area (Å²) in [4.78, 5) is 66.1. The van der Waals surface area contributed by atoms with Gasteiger partial charge in [-0.3, -0.25) is 33.3 Å². The van der Waals surface area contributed by atoms with Crippen molar-refractivity contribution in [1.29, 1.82) is 0 Å². The van der Waals surface area contributed by atoms with Gasteiger partial charge in [0.2, 0.25) is 12.0 Å². The number of anilines is 1. The molecule has 352 valence electrons. The van der Waals surface area contributed by atoms with Crippen molar-refractivity contribution in [2.75, 3.05) is 59.0 Å². The van der Waals surface area contributed by atoms with Crippen LogP contribution in [0.2, 0.25) is 0 Å². The maximum Gasteiger partial charge on any atom is 0.394 e. The summed E-state index contributed by atoms with van der Waals surface area (Å²) in [6.07, 6.45) is 5.83. The summed E-state index contributed by atoms with van der Waals surface area (Å²) in [5.74, 6) is -2.06. The van der Waals surface area contributed by atoms with Gasteiger partial charge in [0, 0.05) is 78.2 Å². The first-order valence-electron chi connectivity index (χ1n) is 22.0. The van der Waals surface area contributed by atoms with Gasteiger partial charge in [-0.05, 0) is 74.2 Å². The van der Waals surface area contributed by atoms with Crippen LogP contribution in [0.25, 0.3) is 10.9 Å². The number of amides is 1. The van der Waals surface area contributed by atoms with Gasteiger partial charge in [0.25, 0.3) is 0 Å². The highest BCUT2D eigenvalue weighted by Crippen LogP contribution is 2.68. The molecule has 0 radical (unpaired) electrons. The molecular weight excluding hydrogens is 865 g/mol. The number of aliphatic hydroxyl groups is 2. The number of para-hydroxylation sites is 1. The van der Waals surface area contributed by atoms with Gasteiger partial charge in [0.15, 0.2) is 6.10 Å². The third-order valence-corrected chi connectivity index (χ3v) is 15.5. The Kier molecular flexibility index (Phi) is 11.8. The van der Waals surface area contributed by atoms with Gasteiger partial charge in [0.05, 0.1) is 38.7 Å². The summed E-state index contributed by atoms with van der Waals surface area (Å²) >= 11 is 0. The maximum absolute atomic E-state index is 15.3. The number of methoxy groups -OCH3 is 3. The first-order chi connectivity index (χ1) is 30.8. The number of carbonyl (C=O) groups excluding carboxylic acids is 4. The molecule has 3 aromatic rings. The number of ether oxygens (including phenoxy) is 4. The van der Waals surface area contributed by atoms with Crippen LogP contribution in [0, 0.1) is 11.3 Å². The smallest absolute Gasteiger partial charge is 0.394 e. The predicted molar refractivity (Wildman–Crippen MR) is 235 cm³/mol. The van der Waals surface area contributed by atoms with Crippen molar-refractivity contribution >= 4 is 51.3 Å². The molecule has 18 nitrogen and oxygen atoms in total. The van der Waals surface area contributed by atoms with E-state index in [1.807, 2.05) is 50.3 Å². The monoisotopic (exact) mass is 922 g/mol. The van der Waals surface area contributed by atoms with Crippen molar-refractivity contribution in [3.05, 3.63) is 70.9 Å². The molecule has 19 heteroatoms. The average Bonchev–Trinajstić information content (AvgIpc) is 3.95. The number of aromatic nitrogens is 1. The molecule has 10 atom stereocenters.